The molecule has 35 heavy (non-hydrogen) atoms. The molecule has 1 aromatic heterocycles. The molecule has 2 unspecified atom stereocenters. The molecule has 1 aromatic carbocycles. The summed E-state index contributed by atoms with van der Waals surface area (Å²) in [5, 5.41) is 9.85. The van der Waals surface area contributed by atoms with Crippen molar-refractivity contribution in [1.29, 1.82) is 0 Å². The first-order valence-electron chi connectivity index (χ1n) is 11.5. The van der Waals surface area contributed by atoms with Gasteiger partial charge in [0.2, 0.25) is 5.91 Å². The molecule has 0 aliphatic rings. The van der Waals surface area contributed by atoms with Crippen LogP contribution in [0.5, 0.6) is 11.5 Å². The molecule has 0 bridgehead atoms. The molecule has 0 saturated heterocycles. The Labute approximate surface area is 206 Å². The number of hydrogen-bond acceptors (Lipinski definition) is 7. The van der Waals surface area contributed by atoms with Gasteiger partial charge in [-0.05, 0) is 37.0 Å². The van der Waals surface area contributed by atoms with E-state index in [1.165, 1.54) is 7.11 Å². The van der Waals surface area contributed by atoms with Gasteiger partial charge in [-0.15, -0.1) is 0 Å². The van der Waals surface area contributed by atoms with Crippen molar-refractivity contribution in [3.05, 3.63) is 30.0 Å². The molecule has 10 heteroatoms. The van der Waals surface area contributed by atoms with Crippen molar-refractivity contribution in [1.82, 2.24) is 20.4 Å². The Morgan fingerprint density at radius 1 is 0.971 bits per heavy atom. The Morgan fingerprint density at radius 3 is 2.06 bits per heavy atom. The molecule has 0 fully saturated rings. The predicted molar refractivity (Wildman–Crippen MR) is 131 cm³/mol. The van der Waals surface area contributed by atoms with Crippen LogP contribution in [0.15, 0.2) is 24.3 Å². The molecule has 0 aliphatic heterocycles. The second-order valence-electron chi connectivity index (χ2n) is 8.87. The molecule has 1 heterocycles. The van der Waals surface area contributed by atoms with Gasteiger partial charge in [-0.25, -0.2) is 0 Å². The van der Waals surface area contributed by atoms with Crippen LogP contribution in [0, 0.1) is 11.8 Å². The maximum Gasteiger partial charge on any atom is 0.325 e. The van der Waals surface area contributed by atoms with E-state index in [2.05, 4.69) is 34.3 Å². The van der Waals surface area contributed by atoms with Gasteiger partial charge in [-0.2, -0.15) is 5.10 Å². The van der Waals surface area contributed by atoms with Crippen LogP contribution in [-0.4, -0.2) is 61.5 Å². The predicted octanol–water partition coefficient (Wildman–Crippen LogP) is 2.83. The second-order valence-corrected chi connectivity index (χ2v) is 8.87. The summed E-state index contributed by atoms with van der Waals surface area (Å²) in [4.78, 5) is 37.3. The maximum absolute atomic E-state index is 13.2. The van der Waals surface area contributed by atoms with Gasteiger partial charge in [0.25, 0.3) is 5.91 Å². The summed E-state index contributed by atoms with van der Waals surface area (Å²) in [6.07, 6.45) is 0. The Balaban J connectivity index is 2.47. The number of amides is 2. The third-order valence-corrected chi connectivity index (χ3v) is 5.87. The fourth-order valence-electron chi connectivity index (χ4n) is 3.48. The van der Waals surface area contributed by atoms with Crippen molar-refractivity contribution in [3.63, 3.8) is 0 Å². The number of methoxy groups -OCH3 is 3. The summed E-state index contributed by atoms with van der Waals surface area (Å²) < 4.78 is 17.5. The third-order valence-electron chi connectivity index (χ3n) is 5.87. The van der Waals surface area contributed by atoms with Gasteiger partial charge in [0.15, 0.2) is 5.69 Å². The molecule has 0 saturated carbocycles. The first-order valence-corrected chi connectivity index (χ1v) is 11.5. The molecule has 2 N–H and O–H groups in total. The number of nitrogens with one attached hydrogen (secondary N) is 2. The number of nitrogens with zero attached hydrogens (tertiary/aromatic N) is 2. The minimum atomic E-state index is -0.871. The van der Waals surface area contributed by atoms with E-state index >= 15 is 0 Å². The van der Waals surface area contributed by atoms with E-state index in [9.17, 15) is 14.4 Å². The largest absolute Gasteiger partial charge is 0.496 e. The molecule has 10 nitrogen and oxygen atoms in total. The Morgan fingerprint density at radius 2 is 1.57 bits per heavy atom. The quantitative estimate of drug-likeness (QED) is 0.467. The highest BCUT2D eigenvalue weighted by atomic mass is 16.5. The minimum absolute atomic E-state index is 0.0505. The summed E-state index contributed by atoms with van der Waals surface area (Å²) in [6, 6.07) is 6.19. The number of carbonyl (C=O) groups is 3. The van der Waals surface area contributed by atoms with Crippen LogP contribution in [0.4, 0.5) is 0 Å². The zero-order valence-electron chi connectivity index (χ0n) is 21.7. The molecule has 0 aliphatic carbocycles. The smallest absolute Gasteiger partial charge is 0.325 e. The topological polar surface area (TPSA) is 121 Å². The molecular formula is C25H36N4O6. The number of esters is 1. The maximum atomic E-state index is 13.2. The number of rotatable bonds is 11. The normalized spacial score (nSPS) is 12.7. The monoisotopic (exact) mass is 488 g/mol. The van der Waals surface area contributed by atoms with E-state index in [4.69, 9.17) is 9.47 Å². The van der Waals surface area contributed by atoms with Gasteiger partial charge >= 0.3 is 5.97 Å². The standard InChI is InChI=1S/C25H36N4O6/c1-14(2)16(5)29-18(22-19(33-6)10-9-11-20(22)34-7)12-17(28-29)24(31)27-23(15(3)4)25(32)26-13-21(30)35-8/h9-12,14-16,23H,13H2,1-8H3,(H,26,32)(H,27,31). The fourth-order valence-corrected chi connectivity index (χ4v) is 3.48. The van der Waals surface area contributed by atoms with Crippen molar-refractivity contribution in [2.45, 2.75) is 46.7 Å². The first-order chi connectivity index (χ1) is 16.5. The molecule has 192 valence electrons. The van der Waals surface area contributed by atoms with E-state index in [0.29, 0.717) is 22.8 Å². The van der Waals surface area contributed by atoms with Crippen LogP contribution in [0.1, 0.15) is 51.1 Å². The van der Waals surface area contributed by atoms with Crippen LogP contribution < -0.4 is 20.1 Å². The SMILES string of the molecule is COC(=O)CNC(=O)C(NC(=O)c1cc(-c2c(OC)cccc2OC)n(C(C)C(C)C)n1)C(C)C. The van der Waals surface area contributed by atoms with Crippen LogP contribution in [-0.2, 0) is 14.3 Å². The lowest BCUT2D eigenvalue weighted by atomic mass is 10.0. The lowest BCUT2D eigenvalue weighted by Gasteiger charge is -2.21. The van der Waals surface area contributed by atoms with Crippen LogP contribution in [0.25, 0.3) is 11.3 Å². The summed E-state index contributed by atoms with van der Waals surface area (Å²) in [7, 11) is 4.37. The zero-order chi connectivity index (χ0) is 26.3. The van der Waals surface area contributed by atoms with Crippen molar-refractivity contribution in [2.24, 2.45) is 11.8 Å². The van der Waals surface area contributed by atoms with Crippen molar-refractivity contribution in [3.8, 4) is 22.8 Å². The summed E-state index contributed by atoms with van der Waals surface area (Å²) in [5.41, 5.74) is 1.47. The Bertz CT molecular complexity index is 1020. The second kappa shape index (κ2) is 12.2. The van der Waals surface area contributed by atoms with Crippen LogP contribution in [0.2, 0.25) is 0 Å². The van der Waals surface area contributed by atoms with Gasteiger partial charge in [-0.1, -0.05) is 33.8 Å². The van der Waals surface area contributed by atoms with Crippen molar-refractivity contribution >= 4 is 17.8 Å². The first kappa shape index (κ1) is 27.7. The molecule has 2 rings (SSSR count). The average molecular weight is 489 g/mol. The van der Waals surface area contributed by atoms with Gasteiger partial charge in [-0.3, -0.25) is 19.1 Å². The lowest BCUT2D eigenvalue weighted by Crippen LogP contribution is -2.50. The highest BCUT2D eigenvalue weighted by Crippen LogP contribution is 2.40. The molecule has 2 atom stereocenters. The van der Waals surface area contributed by atoms with E-state index < -0.39 is 23.8 Å². The van der Waals surface area contributed by atoms with E-state index in [0.717, 1.165) is 0 Å². The third kappa shape index (κ3) is 6.52. The zero-order valence-corrected chi connectivity index (χ0v) is 21.7. The molecule has 0 radical (unpaired) electrons. The van der Waals surface area contributed by atoms with Gasteiger partial charge in [0.1, 0.15) is 24.1 Å². The highest BCUT2D eigenvalue weighted by molar-refractivity contribution is 5.97. The van der Waals surface area contributed by atoms with Gasteiger partial charge in [0, 0.05) is 0 Å². The van der Waals surface area contributed by atoms with Crippen LogP contribution in [0.3, 0.4) is 0 Å². The minimum Gasteiger partial charge on any atom is -0.496 e. The lowest BCUT2D eigenvalue weighted by molar-refractivity contribution is -0.141. The fraction of sp³-hybridized carbons (Fsp3) is 0.520. The Hall–Kier alpha value is -3.56. The molecule has 2 amide bonds. The summed E-state index contributed by atoms with van der Waals surface area (Å²) in [6.45, 7) is 9.46. The number of carbonyl (C=O) groups excluding carboxylic acids is 3. The molecule has 0 spiro atoms. The number of ether oxygens (including phenoxy) is 3. The number of hydrogen-bond donors (Lipinski definition) is 2. The highest BCUT2D eigenvalue weighted by Gasteiger charge is 2.29. The Kier molecular flexibility index (Phi) is 9.68. The number of benzene rings is 1. The molecule has 2 aromatic rings. The molecular weight excluding hydrogens is 452 g/mol. The van der Waals surface area contributed by atoms with Crippen molar-refractivity contribution < 1.29 is 28.6 Å². The van der Waals surface area contributed by atoms with Gasteiger partial charge < -0.3 is 24.8 Å². The summed E-state index contributed by atoms with van der Waals surface area (Å²) >= 11 is 0. The van der Waals surface area contributed by atoms with Crippen molar-refractivity contribution in [2.75, 3.05) is 27.9 Å². The number of aromatic nitrogens is 2. The van der Waals surface area contributed by atoms with E-state index in [-0.39, 0.29) is 30.1 Å². The summed E-state index contributed by atoms with van der Waals surface area (Å²) in [5.74, 6) is -0.433. The van der Waals surface area contributed by atoms with Crippen LogP contribution >= 0.6 is 0 Å². The van der Waals surface area contributed by atoms with E-state index in [1.807, 2.05) is 25.1 Å². The van der Waals surface area contributed by atoms with E-state index in [1.54, 1.807) is 38.8 Å². The van der Waals surface area contributed by atoms with Gasteiger partial charge in [0.05, 0.1) is 38.6 Å². The average Bonchev–Trinajstić information content (AvgIpc) is 3.28.